The first kappa shape index (κ1) is 12.7. The predicted octanol–water partition coefficient (Wildman–Crippen LogP) is 4.26. The SMILES string of the molecule is CCc1ccc(OCCCc2ccccc2)cc1. The standard InChI is InChI=1S/C17H20O/c1-2-15-10-12-17(13-11-15)18-14-6-9-16-7-4-3-5-8-16/h3-5,7-8,10-13H,2,6,9,14H2,1H3. The van der Waals surface area contributed by atoms with Gasteiger partial charge < -0.3 is 4.74 Å². The Hall–Kier alpha value is -1.76. The Balaban J connectivity index is 1.72. The van der Waals surface area contributed by atoms with Crippen molar-refractivity contribution < 1.29 is 4.74 Å². The third-order valence-corrected chi connectivity index (χ3v) is 3.05. The Morgan fingerprint density at radius 1 is 0.833 bits per heavy atom. The van der Waals surface area contributed by atoms with Gasteiger partial charge in [-0.15, -0.1) is 0 Å². The van der Waals surface area contributed by atoms with Crippen molar-refractivity contribution in [1.29, 1.82) is 0 Å². The molecule has 94 valence electrons. The maximum atomic E-state index is 5.73. The lowest BCUT2D eigenvalue weighted by Crippen LogP contribution is -1.99. The Kier molecular flexibility index (Phi) is 4.83. The van der Waals surface area contributed by atoms with E-state index >= 15 is 0 Å². The molecule has 0 unspecified atom stereocenters. The third-order valence-electron chi connectivity index (χ3n) is 3.05. The van der Waals surface area contributed by atoms with Crippen LogP contribution in [0.1, 0.15) is 24.5 Å². The molecule has 0 fully saturated rings. The monoisotopic (exact) mass is 240 g/mol. The second-order valence-corrected chi connectivity index (χ2v) is 4.44. The second-order valence-electron chi connectivity index (χ2n) is 4.44. The minimum absolute atomic E-state index is 0.778. The molecule has 0 heterocycles. The van der Waals surface area contributed by atoms with Gasteiger partial charge in [0, 0.05) is 0 Å². The van der Waals surface area contributed by atoms with Gasteiger partial charge in [-0.25, -0.2) is 0 Å². The summed E-state index contributed by atoms with van der Waals surface area (Å²) in [5, 5.41) is 0. The summed E-state index contributed by atoms with van der Waals surface area (Å²) in [4.78, 5) is 0. The molecule has 0 saturated carbocycles. The fraction of sp³-hybridized carbons (Fsp3) is 0.294. The molecule has 0 aliphatic carbocycles. The molecule has 0 aliphatic rings. The molecule has 2 aromatic carbocycles. The maximum Gasteiger partial charge on any atom is 0.119 e. The molecule has 0 N–H and O–H groups in total. The van der Waals surface area contributed by atoms with E-state index in [9.17, 15) is 0 Å². The molecule has 0 saturated heterocycles. The predicted molar refractivity (Wildman–Crippen MR) is 76.1 cm³/mol. The van der Waals surface area contributed by atoms with Crippen LogP contribution in [0.25, 0.3) is 0 Å². The van der Waals surface area contributed by atoms with E-state index in [1.54, 1.807) is 0 Å². The molecule has 0 spiro atoms. The largest absolute Gasteiger partial charge is 0.494 e. The minimum atomic E-state index is 0.778. The van der Waals surface area contributed by atoms with Crippen molar-refractivity contribution in [3.05, 3.63) is 65.7 Å². The van der Waals surface area contributed by atoms with Crippen molar-refractivity contribution in [2.24, 2.45) is 0 Å². The van der Waals surface area contributed by atoms with Gasteiger partial charge in [-0.2, -0.15) is 0 Å². The zero-order valence-electron chi connectivity index (χ0n) is 10.9. The lowest BCUT2D eigenvalue weighted by atomic mass is 10.1. The van der Waals surface area contributed by atoms with Crippen molar-refractivity contribution in [3.8, 4) is 5.75 Å². The second kappa shape index (κ2) is 6.85. The van der Waals surface area contributed by atoms with Gasteiger partial charge in [0.1, 0.15) is 5.75 Å². The molecule has 18 heavy (non-hydrogen) atoms. The van der Waals surface area contributed by atoms with Crippen LogP contribution in [-0.2, 0) is 12.8 Å². The highest BCUT2D eigenvalue weighted by molar-refractivity contribution is 5.27. The number of benzene rings is 2. The number of hydrogen-bond donors (Lipinski definition) is 0. The molecule has 0 aromatic heterocycles. The Bertz CT molecular complexity index is 445. The number of hydrogen-bond acceptors (Lipinski definition) is 1. The zero-order valence-corrected chi connectivity index (χ0v) is 10.9. The van der Waals surface area contributed by atoms with Gasteiger partial charge in [-0.05, 0) is 42.5 Å². The molecule has 0 aliphatic heterocycles. The number of aryl methyl sites for hydroxylation is 2. The van der Waals surface area contributed by atoms with Crippen molar-refractivity contribution >= 4 is 0 Å². The van der Waals surface area contributed by atoms with E-state index < -0.39 is 0 Å². The van der Waals surface area contributed by atoms with Crippen LogP contribution in [0.2, 0.25) is 0 Å². The first-order chi connectivity index (χ1) is 8.88. The quantitative estimate of drug-likeness (QED) is 0.685. The summed E-state index contributed by atoms with van der Waals surface area (Å²) in [6, 6.07) is 18.9. The molecule has 1 heteroatoms. The van der Waals surface area contributed by atoms with Crippen LogP contribution in [0.3, 0.4) is 0 Å². The third kappa shape index (κ3) is 3.92. The van der Waals surface area contributed by atoms with Crippen LogP contribution in [0.5, 0.6) is 5.75 Å². The molecule has 0 atom stereocenters. The highest BCUT2D eigenvalue weighted by atomic mass is 16.5. The average molecular weight is 240 g/mol. The van der Waals surface area contributed by atoms with Gasteiger partial charge in [0.25, 0.3) is 0 Å². The Labute approximate surface area is 109 Å². The van der Waals surface area contributed by atoms with E-state index in [1.807, 2.05) is 0 Å². The summed E-state index contributed by atoms with van der Waals surface area (Å²) in [5.41, 5.74) is 2.73. The Morgan fingerprint density at radius 2 is 1.56 bits per heavy atom. The average Bonchev–Trinajstić information content (AvgIpc) is 2.45. The summed E-state index contributed by atoms with van der Waals surface area (Å²) >= 11 is 0. The van der Waals surface area contributed by atoms with Crippen molar-refractivity contribution in [1.82, 2.24) is 0 Å². The van der Waals surface area contributed by atoms with Gasteiger partial charge in [0.05, 0.1) is 6.61 Å². The summed E-state index contributed by atoms with van der Waals surface area (Å²) < 4.78 is 5.73. The van der Waals surface area contributed by atoms with Gasteiger partial charge in [-0.3, -0.25) is 0 Å². The normalized spacial score (nSPS) is 10.3. The molecule has 0 radical (unpaired) electrons. The zero-order chi connectivity index (χ0) is 12.6. The van der Waals surface area contributed by atoms with Crippen molar-refractivity contribution in [2.75, 3.05) is 6.61 Å². The molecule has 1 nitrogen and oxygen atoms in total. The van der Waals surface area contributed by atoms with Crippen LogP contribution in [-0.4, -0.2) is 6.61 Å². The molecule has 2 rings (SSSR count). The highest BCUT2D eigenvalue weighted by Gasteiger charge is 1.95. The van der Waals surface area contributed by atoms with Gasteiger partial charge in [-0.1, -0.05) is 49.4 Å². The van der Waals surface area contributed by atoms with Gasteiger partial charge in [0.2, 0.25) is 0 Å². The highest BCUT2D eigenvalue weighted by Crippen LogP contribution is 2.13. The van der Waals surface area contributed by atoms with E-state index in [4.69, 9.17) is 4.74 Å². The first-order valence-electron chi connectivity index (χ1n) is 6.64. The molecular weight excluding hydrogens is 220 g/mol. The Morgan fingerprint density at radius 3 is 2.22 bits per heavy atom. The van der Waals surface area contributed by atoms with Gasteiger partial charge >= 0.3 is 0 Å². The molecule has 0 bridgehead atoms. The summed E-state index contributed by atoms with van der Waals surface area (Å²) in [7, 11) is 0. The topological polar surface area (TPSA) is 9.23 Å². The number of ether oxygens (including phenoxy) is 1. The van der Waals surface area contributed by atoms with Crippen LogP contribution >= 0.6 is 0 Å². The van der Waals surface area contributed by atoms with Crippen molar-refractivity contribution in [2.45, 2.75) is 26.2 Å². The first-order valence-corrected chi connectivity index (χ1v) is 6.64. The van der Waals surface area contributed by atoms with Crippen LogP contribution in [0, 0.1) is 0 Å². The van der Waals surface area contributed by atoms with Crippen molar-refractivity contribution in [3.63, 3.8) is 0 Å². The van der Waals surface area contributed by atoms with E-state index in [0.717, 1.165) is 31.6 Å². The summed E-state index contributed by atoms with van der Waals surface area (Å²) in [6.45, 7) is 2.94. The summed E-state index contributed by atoms with van der Waals surface area (Å²) in [6.07, 6.45) is 3.21. The van der Waals surface area contributed by atoms with E-state index in [1.165, 1.54) is 11.1 Å². The maximum absolute atomic E-state index is 5.73. The van der Waals surface area contributed by atoms with Crippen LogP contribution in [0.15, 0.2) is 54.6 Å². The fourth-order valence-electron chi connectivity index (χ4n) is 1.93. The van der Waals surface area contributed by atoms with E-state index in [-0.39, 0.29) is 0 Å². The molecule has 2 aromatic rings. The minimum Gasteiger partial charge on any atom is -0.494 e. The van der Waals surface area contributed by atoms with Gasteiger partial charge in [0.15, 0.2) is 0 Å². The summed E-state index contributed by atoms with van der Waals surface area (Å²) in [5.74, 6) is 0.972. The van der Waals surface area contributed by atoms with Crippen LogP contribution < -0.4 is 4.74 Å². The van der Waals surface area contributed by atoms with E-state index in [2.05, 4.69) is 61.5 Å². The smallest absolute Gasteiger partial charge is 0.119 e. The molecular formula is C17H20O. The van der Waals surface area contributed by atoms with E-state index in [0.29, 0.717) is 0 Å². The van der Waals surface area contributed by atoms with Crippen LogP contribution in [0.4, 0.5) is 0 Å². The number of rotatable bonds is 6. The molecule has 0 amide bonds. The lowest BCUT2D eigenvalue weighted by molar-refractivity contribution is 0.311. The fourth-order valence-corrected chi connectivity index (χ4v) is 1.93. The lowest BCUT2D eigenvalue weighted by Gasteiger charge is -2.06.